The molecule has 10 nitrogen and oxygen atoms in total. The Morgan fingerprint density at radius 2 is 2.06 bits per heavy atom. The Hall–Kier alpha value is -2.83. The molecule has 0 radical (unpaired) electrons. The van der Waals surface area contributed by atoms with Gasteiger partial charge in [0.05, 0.1) is 17.2 Å². The van der Waals surface area contributed by atoms with E-state index in [1.54, 1.807) is 18.2 Å². The number of hydrogen-bond donors (Lipinski definition) is 1. The summed E-state index contributed by atoms with van der Waals surface area (Å²) in [4.78, 5) is 14.8. The van der Waals surface area contributed by atoms with Gasteiger partial charge in [0, 0.05) is 23.9 Å². The summed E-state index contributed by atoms with van der Waals surface area (Å²) in [5.41, 5.74) is 1.44. The molecule has 166 valence electrons. The molecule has 0 aliphatic carbocycles. The number of non-ortho nitro benzene ring substituents is 1. The lowest BCUT2D eigenvalue weighted by atomic mass is 9.77. The molecule has 0 spiro atoms. The van der Waals surface area contributed by atoms with Crippen LogP contribution >= 0.6 is 0 Å². The lowest BCUT2D eigenvalue weighted by Crippen LogP contribution is -2.53. The van der Waals surface area contributed by atoms with Gasteiger partial charge in [-0.2, -0.15) is 0 Å². The van der Waals surface area contributed by atoms with Crippen molar-refractivity contribution in [3.05, 3.63) is 58.1 Å². The van der Waals surface area contributed by atoms with Crippen LogP contribution in [0.1, 0.15) is 19.4 Å². The van der Waals surface area contributed by atoms with E-state index in [1.807, 2.05) is 19.9 Å². The van der Waals surface area contributed by atoms with E-state index in [9.17, 15) is 15.2 Å². The fourth-order valence-corrected chi connectivity index (χ4v) is 4.04. The van der Waals surface area contributed by atoms with E-state index in [-0.39, 0.29) is 35.3 Å². The molecular formula is C21H21BN2O8. The molecule has 0 unspecified atom stereocenters. The SMILES string of the molecule is CC1(C)O[C@H]2O[C@@H]3COB(c4cccc(N=Cc5cc([N+](=O)[O-])ccc5O)c4)O[C@@H]3[C@H]2O1. The van der Waals surface area contributed by atoms with E-state index in [0.717, 1.165) is 5.46 Å². The largest absolute Gasteiger partial charge is 0.507 e. The molecule has 0 bridgehead atoms. The van der Waals surface area contributed by atoms with Gasteiger partial charge in [0.15, 0.2) is 12.1 Å². The highest BCUT2D eigenvalue weighted by Crippen LogP contribution is 2.40. The molecule has 1 N–H and O–H groups in total. The molecule has 3 aliphatic heterocycles. The Morgan fingerprint density at radius 3 is 2.88 bits per heavy atom. The lowest BCUT2D eigenvalue weighted by molar-refractivity contribution is -0.384. The van der Waals surface area contributed by atoms with Gasteiger partial charge in [0.25, 0.3) is 5.69 Å². The quantitative estimate of drug-likeness (QED) is 0.332. The number of rotatable bonds is 4. The van der Waals surface area contributed by atoms with Gasteiger partial charge in [0.2, 0.25) is 0 Å². The summed E-state index contributed by atoms with van der Waals surface area (Å²) in [6.07, 6.45) is -0.0356. The molecule has 5 rings (SSSR count). The minimum atomic E-state index is -0.732. The van der Waals surface area contributed by atoms with E-state index >= 15 is 0 Å². The Kier molecular flexibility index (Phi) is 5.22. The second-order valence-electron chi connectivity index (χ2n) is 8.26. The summed E-state index contributed by atoms with van der Waals surface area (Å²) in [7, 11) is -0.632. The minimum absolute atomic E-state index is 0.0991. The van der Waals surface area contributed by atoms with Gasteiger partial charge in [-0.25, -0.2) is 0 Å². The summed E-state index contributed by atoms with van der Waals surface area (Å²) < 4.78 is 29.6. The fourth-order valence-electron chi connectivity index (χ4n) is 4.04. The average Bonchev–Trinajstić information content (AvgIpc) is 3.24. The van der Waals surface area contributed by atoms with Crippen molar-refractivity contribution in [3.63, 3.8) is 0 Å². The second kappa shape index (κ2) is 7.94. The molecule has 3 fully saturated rings. The zero-order valence-electron chi connectivity index (χ0n) is 17.4. The van der Waals surface area contributed by atoms with E-state index in [0.29, 0.717) is 12.3 Å². The maximum atomic E-state index is 11.0. The topological polar surface area (TPSA) is 122 Å². The van der Waals surface area contributed by atoms with Crippen molar-refractivity contribution in [1.82, 2.24) is 0 Å². The third-order valence-electron chi connectivity index (χ3n) is 5.50. The first kappa shape index (κ1) is 21.0. The number of benzene rings is 2. The number of nitro benzene ring substituents is 1. The number of phenolic OH excluding ortho intramolecular Hbond substituents is 1. The molecule has 32 heavy (non-hydrogen) atoms. The first-order valence-electron chi connectivity index (χ1n) is 10.2. The second-order valence-corrected chi connectivity index (χ2v) is 8.26. The molecule has 0 aromatic heterocycles. The van der Waals surface area contributed by atoms with Crippen molar-refractivity contribution in [2.45, 2.75) is 44.2 Å². The van der Waals surface area contributed by atoms with Crippen LogP contribution in [0.25, 0.3) is 0 Å². The molecule has 0 amide bonds. The van der Waals surface area contributed by atoms with Crippen molar-refractivity contribution in [2.75, 3.05) is 6.61 Å². The highest BCUT2D eigenvalue weighted by molar-refractivity contribution is 6.61. The third-order valence-corrected chi connectivity index (χ3v) is 5.50. The van der Waals surface area contributed by atoms with E-state index in [4.69, 9.17) is 23.5 Å². The fraction of sp³-hybridized carbons (Fsp3) is 0.381. The van der Waals surface area contributed by atoms with Gasteiger partial charge >= 0.3 is 7.12 Å². The molecule has 3 heterocycles. The van der Waals surface area contributed by atoms with Crippen molar-refractivity contribution in [2.24, 2.45) is 4.99 Å². The van der Waals surface area contributed by atoms with E-state index < -0.39 is 24.1 Å². The van der Waals surface area contributed by atoms with Crippen molar-refractivity contribution in [1.29, 1.82) is 0 Å². The van der Waals surface area contributed by atoms with Crippen LogP contribution in [0.4, 0.5) is 11.4 Å². The molecule has 4 atom stereocenters. The maximum Gasteiger partial charge on any atom is 0.494 e. The zero-order valence-corrected chi connectivity index (χ0v) is 17.4. The molecule has 3 saturated heterocycles. The molecule has 2 aromatic rings. The van der Waals surface area contributed by atoms with Crippen molar-refractivity contribution >= 4 is 30.2 Å². The molecule has 11 heteroatoms. The van der Waals surface area contributed by atoms with E-state index in [2.05, 4.69) is 4.99 Å². The predicted molar refractivity (Wildman–Crippen MR) is 113 cm³/mol. The highest BCUT2D eigenvalue weighted by Gasteiger charge is 2.57. The first-order valence-corrected chi connectivity index (χ1v) is 10.2. The number of aromatic hydroxyl groups is 1. The average molecular weight is 440 g/mol. The van der Waals surface area contributed by atoms with Crippen LogP contribution in [-0.2, 0) is 23.5 Å². The Balaban J connectivity index is 1.32. The van der Waals surface area contributed by atoms with Crippen LogP contribution < -0.4 is 5.46 Å². The van der Waals surface area contributed by atoms with Gasteiger partial charge in [-0.1, -0.05) is 12.1 Å². The van der Waals surface area contributed by atoms with Gasteiger partial charge in [-0.3, -0.25) is 15.1 Å². The third kappa shape index (κ3) is 4.01. The number of nitrogens with zero attached hydrogens (tertiary/aromatic N) is 2. The van der Waals surface area contributed by atoms with Crippen molar-refractivity contribution in [3.8, 4) is 5.75 Å². The Labute approximate surface area is 184 Å². The van der Waals surface area contributed by atoms with Gasteiger partial charge in [0.1, 0.15) is 24.1 Å². The number of aliphatic imine (C=N–C) groups is 1. The van der Waals surface area contributed by atoms with Gasteiger partial charge in [-0.05, 0) is 37.5 Å². The Morgan fingerprint density at radius 1 is 1.22 bits per heavy atom. The van der Waals surface area contributed by atoms with E-state index in [1.165, 1.54) is 24.4 Å². The monoisotopic (exact) mass is 440 g/mol. The first-order chi connectivity index (χ1) is 15.3. The molecule has 3 aliphatic rings. The molecule has 2 aromatic carbocycles. The maximum absolute atomic E-state index is 11.0. The molecular weight excluding hydrogens is 419 g/mol. The summed E-state index contributed by atoms with van der Waals surface area (Å²) in [6.45, 7) is 4.01. The van der Waals surface area contributed by atoms with Crippen molar-refractivity contribution < 1.29 is 33.5 Å². The van der Waals surface area contributed by atoms with Crippen LogP contribution in [0.2, 0.25) is 0 Å². The zero-order chi connectivity index (χ0) is 22.5. The smallest absolute Gasteiger partial charge is 0.494 e. The summed E-state index contributed by atoms with van der Waals surface area (Å²) in [5.74, 6) is -0.831. The number of ether oxygens (including phenoxy) is 3. The number of hydrogen-bond acceptors (Lipinski definition) is 9. The van der Waals surface area contributed by atoms with Crippen LogP contribution in [-0.4, -0.2) is 60.4 Å². The van der Waals surface area contributed by atoms with Gasteiger partial charge < -0.3 is 28.6 Å². The predicted octanol–water partition coefficient (Wildman–Crippen LogP) is 2.04. The summed E-state index contributed by atoms with van der Waals surface area (Å²) in [5, 5.41) is 20.9. The van der Waals surface area contributed by atoms with Crippen LogP contribution in [0.3, 0.4) is 0 Å². The van der Waals surface area contributed by atoms with Crippen LogP contribution in [0.5, 0.6) is 5.75 Å². The normalized spacial score (nSPS) is 28.6. The standard InChI is InChI=1S/C21H21BN2O8/c1-21(2)30-19-18-17(29-20(19)31-21)11-28-22(32-18)13-4-3-5-14(9-13)23-10-12-8-15(24(26)27)6-7-16(12)25/h3-10,17-20,25H,11H2,1-2H3/t17-,18+,19-,20-/m1/s1. The number of nitro groups is 1. The Bertz CT molecular complexity index is 1080. The summed E-state index contributed by atoms with van der Waals surface area (Å²) in [6, 6.07) is 11.0. The lowest BCUT2D eigenvalue weighted by Gasteiger charge is -2.32. The minimum Gasteiger partial charge on any atom is -0.507 e. The highest BCUT2D eigenvalue weighted by atomic mass is 16.8. The van der Waals surface area contributed by atoms with Crippen LogP contribution in [0.15, 0.2) is 47.5 Å². The molecule has 0 saturated carbocycles. The number of fused-ring (bicyclic) bond motifs is 3. The summed E-state index contributed by atoms with van der Waals surface area (Å²) >= 11 is 0. The van der Waals surface area contributed by atoms with Gasteiger partial charge in [-0.15, -0.1) is 0 Å². The number of phenols is 1. The van der Waals surface area contributed by atoms with Crippen LogP contribution in [0, 0.1) is 10.1 Å².